The van der Waals surface area contributed by atoms with Gasteiger partial charge in [-0.15, -0.1) is 0 Å². The van der Waals surface area contributed by atoms with Crippen molar-refractivity contribution in [1.29, 1.82) is 10.5 Å². The molecule has 1 N–H and O–H groups in total. The predicted molar refractivity (Wildman–Crippen MR) is 63.7 cm³/mol. The first-order valence-electron chi connectivity index (χ1n) is 5.33. The van der Waals surface area contributed by atoms with Crippen LogP contribution in [0.15, 0.2) is 11.8 Å². The molecule has 1 heterocycles. The molecule has 5 nitrogen and oxygen atoms in total. The van der Waals surface area contributed by atoms with E-state index in [2.05, 4.69) is 10.4 Å². The lowest BCUT2D eigenvalue weighted by molar-refractivity contribution is 0.729. The molecular weight excluding hydrogens is 214 g/mol. The second kappa shape index (κ2) is 5.72. The van der Waals surface area contributed by atoms with Gasteiger partial charge in [-0.1, -0.05) is 0 Å². The Balaban J connectivity index is 2.56. The van der Waals surface area contributed by atoms with E-state index in [1.807, 2.05) is 25.6 Å². The van der Waals surface area contributed by atoms with Crippen molar-refractivity contribution >= 4 is 0 Å². The highest BCUT2D eigenvalue weighted by atomic mass is 15.3. The summed E-state index contributed by atoms with van der Waals surface area (Å²) in [5.41, 5.74) is 3.47. The summed E-state index contributed by atoms with van der Waals surface area (Å²) < 4.78 is 1.86. The molecule has 88 valence electrons. The van der Waals surface area contributed by atoms with Gasteiger partial charge < -0.3 is 5.32 Å². The number of hydrogen-bond acceptors (Lipinski definition) is 4. The first kappa shape index (κ1) is 12.8. The number of allylic oxidation sites excluding steroid dienone is 1. The number of rotatable bonds is 4. The van der Waals surface area contributed by atoms with Gasteiger partial charge in [0.25, 0.3) is 0 Å². The van der Waals surface area contributed by atoms with Crippen LogP contribution in [0, 0.1) is 36.5 Å². The van der Waals surface area contributed by atoms with Crippen LogP contribution in [0.3, 0.4) is 0 Å². The van der Waals surface area contributed by atoms with Crippen molar-refractivity contribution in [1.82, 2.24) is 15.1 Å². The minimum atomic E-state index is 0.0876. The molecular formula is C12H15N5. The molecule has 1 rings (SSSR count). The molecule has 0 fully saturated rings. The van der Waals surface area contributed by atoms with Crippen molar-refractivity contribution in [2.75, 3.05) is 6.54 Å². The van der Waals surface area contributed by atoms with E-state index in [9.17, 15) is 0 Å². The highest BCUT2D eigenvalue weighted by molar-refractivity contribution is 5.34. The maximum atomic E-state index is 8.54. The zero-order chi connectivity index (χ0) is 12.8. The third-order valence-electron chi connectivity index (χ3n) is 2.67. The fourth-order valence-corrected chi connectivity index (χ4v) is 1.64. The molecule has 0 aliphatic rings. The van der Waals surface area contributed by atoms with E-state index < -0.39 is 0 Å². The summed E-state index contributed by atoms with van der Waals surface area (Å²) in [6.07, 6.45) is 2.27. The Bertz CT molecular complexity index is 494. The Kier molecular flexibility index (Phi) is 4.30. The minimum Gasteiger partial charge on any atom is -0.389 e. The summed E-state index contributed by atoms with van der Waals surface area (Å²) >= 11 is 0. The highest BCUT2D eigenvalue weighted by Gasteiger charge is 2.07. The van der Waals surface area contributed by atoms with Crippen LogP contribution >= 0.6 is 0 Å². The van der Waals surface area contributed by atoms with Gasteiger partial charge in [0.05, 0.1) is 5.69 Å². The van der Waals surface area contributed by atoms with E-state index in [1.54, 1.807) is 12.1 Å². The zero-order valence-electron chi connectivity index (χ0n) is 10.3. The molecule has 0 bridgehead atoms. The Labute approximate surface area is 101 Å². The molecule has 17 heavy (non-hydrogen) atoms. The van der Waals surface area contributed by atoms with Crippen molar-refractivity contribution in [2.24, 2.45) is 7.05 Å². The lowest BCUT2D eigenvalue weighted by atomic mass is 10.1. The van der Waals surface area contributed by atoms with E-state index in [0.717, 1.165) is 17.8 Å². The number of aryl methyl sites for hydroxylation is 2. The smallest absolute Gasteiger partial charge is 0.145 e. The van der Waals surface area contributed by atoms with Crippen LogP contribution in [0.2, 0.25) is 0 Å². The summed E-state index contributed by atoms with van der Waals surface area (Å²) in [6.45, 7) is 4.69. The molecule has 5 heteroatoms. The molecule has 0 amide bonds. The maximum absolute atomic E-state index is 8.54. The van der Waals surface area contributed by atoms with E-state index in [-0.39, 0.29) is 5.57 Å². The zero-order valence-corrected chi connectivity index (χ0v) is 10.3. The van der Waals surface area contributed by atoms with Gasteiger partial charge in [-0.3, -0.25) is 4.68 Å². The van der Waals surface area contributed by atoms with Gasteiger partial charge in [-0.25, -0.2) is 0 Å². The molecule has 0 aliphatic heterocycles. The quantitative estimate of drug-likeness (QED) is 0.619. The molecule has 0 unspecified atom stereocenters. The number of nitriles is 2. The van der Waals surface area contributed by atoms with Crippen LogP contribution in [-0.4, -0.2) is 16.3 Å². The maximum Gasteiger partial charge on any atom is 0.145 e. The van der Waals surface area contributed by atoms with Gasteiger partial charge in [-0.05, 0) is 25.8 Å². The van der Waals surface area contributed by atoms with Crippen molar-refractivity contribution in [3.8, 4) is 12.1 Å². The fourth-order valence-electron chi connectivity index (χ4n) is 1.64. The molecule has 0 saturated heterocycles. The summed E-state index contributed by atoms with van der Waals surface area (Å²) in [5, 5.41) is 24.4. The second-order valence-electron chi connectivity index (χ2n) is 3.76. The van der Waals surface area contributed by atoms with Crippen LogP contribution in [0.1, 0.15) is 17.0 Å². The summed E-state index contributed by atoms with van der Waals surface area (Å²) in [4.78, 5) is 0. The number of nitrogens with one attached hydrogen (secondary N) is 1. The molecule has 0 aliphatic carbocycles. The van der Waals surface area contributed by atoms with E-state index >= 15 is 0 Å². The minimum absolute atomic E-state index is 0.0876. The molecule has 0 spiro atoms. The monoisotopic (exact) mass is 229 g/mol. The number of nitrogens with zero attached hydrogens (tertiary/aromatic N) is 4. The normalized spacial score (nSPS) is 9.24. The lowest BCUT2D eigenvalue weighted by Crippen LogP contribution is -2.11. The fraction of sp³-hybridized carbons (Fsp3) is 0.417. The molecule has 1 aromatic heterocycles. The Hall–Kier alpha value is -2.27. The van der Waals surface area contributed by atoms with Gasteiger partial charge in [0.1, 0.15) is 17.7 Å². The van der Waals surface area contributed by atoms with E-state index in [4.69, 9.17) is 10.5 Å². The van der Waals surface area contributed by atoms with Crippen molar-refractivity contribution in [3.63, 3.8) is 0 Å². The number of hydrogen-bond donors (Lipinski definition) is 1. The standard InChI is InChI=1S/C12H15N5/c1-9-12(10(2)17(3)16-9)4-5-15-8-11(6-13)7-14/h8,15H,4-5H2,1-3H3. The summed E-state index contributed by atoms with van der Waals surface area (Å²) in [5.74, 6) is 0. The predicted octanol–water partition coefficient (Wildman–Crippen LogP) is 1.10. The first-order valence-corrected chi connectivity index (χ1v) is 5.33. The van der Waals surface area contributed by atoms with Crippen LogP contribution in [0.25, 0.3) is 0 Å². The SMILES string of the molecule is Cc1nn(C)c(C)c1CCNC=C(C#N)C#N. The van der Waals surface area contributed by atoms with Gasteiger partial charge in [0, 0.05) is 25.5 Å². The van der Waals surface area contributed by atoms with Gasteiger partial charge in [-0.2, -0.15) is 15.6 Å². The second-order valence-corrected chi connectivity index (χ2v) is 3.76. The third kappa shape index (κ3) is 3.09. The van der Waals surface area contributed by atoms with Crippen LogP contribution in [-0.2, 0) is 13.5 Å². The Morgan fingerprint density at radius 2 is 2.06 bits per heavy atom. The van der Waals surface area contributed by atoms with E-state index in [0.29, 0.717) is 6.54 Å². The van der Waals surface area contributed by atoms with Crippen LogP contribution in [0.5, 0.6) is 0 Å². The molecule has 0 atom stereocenters. The van der Waals surface area contributed by atoms with Gasteiger partial charge in [0.15, 0.2) is 0 Å². The van der Waals surface area contributed by atoms with Crippen molar-refractivity contribution in [2.45, 2.75) is 20.3 Å². The largest absolute Gasteiger partial charge is 0.389 e. The summed E-state index contributed by atoms with van der Waals surface area (Å²) in [6, 6.07) is 3.60. The molecule has 0 saturated carbocycles. The Morgan fingerprint density at radius 3 is 2.53 bits per heavy atom. The van der Waals surface area contributed by atoms with Crippen LogP contribution in [0.4, 0.5) is 0 Å². The molecule has 0 radical (unpaired) electrons. The number of aromatic nitrogens is 2. The highest BCUT2D eigenvalue weighted by Crippen LogP contribution is 2.11. The molecule has 1 aromatic rings. The third-order valence-corrected chi connectivity index (χ3v) is 2.67. The molecule has 0 aromatic carbocycles. The van der Waals surface area contributed by atoms with Crippen molar-refractivity contribution in [3.05, 3.63) is 28.7 Å². The lowest BCUT2D eigenvalue weighted by Gasteiger charge is -2.02. The summed E-state index contributed by atoms with van der Waals surface area (Å²) in [7, 11) is 1.92. The van der Waals surface area contributed by atoms with Gasteiger partial charge in [0.2, 0.25) is 0 Å². The van der Waals surface area contributed by atoms with E-state index in [1.165, 1.54) is 11.8 Å². The van der Waals surface area contributed by atoms with Crippen LogP contribution < -0.4 is 5.32 Å². The van der Waals surface area contributed by atoms with Crippen molar-refractivity contribution < 1.29 is 0 Å². The first-order chi connectivity index (χ1) is 8.10. The average Bonchev–Trinajstić information content (AvgIpc) is 2.55. The van der Waals surface area contributed by atoms with Gasteiger partial charge >= 0.3 is 0 Å². The average molecular weight is 229 g/mol. The Morgan fingerprint density at radius 1 is 1.41 bits per heavy atom. The topological polar surface area (TPSA) is 77.4 Å².